The Hall–Kier alpha value is -0.830. The molecule has 0 aliphatic heterocycles. The first-order valence-corrected chi connectivity index (χ1v) is 7.05. The number of halogens is 1. The molecule has 0 amide bonds. The summed E-state index contributed by atoms with van der Waals surface area (Å²) in [7, 11) is 0. The Bertz CT molecular complexity index is 531. The maximum atomic E-state index is 6.21. The summed E-state index contributed by atoms with van der Waals surface area (Å²) in [6.45, 7) is 0. The van der Waals surface area contributed by atoms with Crippen molar-refractivity contribution in [3.05, 3.63) is 46.3 Å². The predicted molar refractivity (Wildman–Crippen MR) is 74.4 cm³/mol. The zero-order chi connectivity index (χ0) is 11.8. The number of hydrogen-bond acceptors (Lipinski definition) is 2. The zero-order valence-electron chi connectivity index (χ0n) is 9.40. The number of nitrogens with two attached hydrogens (primary N) is 1. The molecule has 3 rings (SSSR count). The van der Waals surface area contributed by atoms with Gasteiger partial charge in [0.05, 0.1) is 0 Å². The molecule has 1 unspecified atom stereocenters. The molecule has 1 heterocycles. The van der Waals surface area contributed by atoms with Crippen LogP contribution in [0.4, 0.5) is 0 Å². The van der Waals surface area contributed by atoms with Crippen LogP contribution in [0.5, 0.6) is 0 Å². The van der Waals surface area contributed by atoms with Gasteiger partial charge in [-0.25, -0.2) is 0 Å². The van der Waals surface area contributed by atoms with Gasteiger partial charge in [0.15, 0.2) is 0 Å². The van der Waals surface area contributed by atoms with Crippen LogP contribution in [0.1, 0.15) is 23.8 Å². The van der Waals surface area contributed by atoms with Crippen LogP contribution in [0.15, 0.2) is 36.4 Å². The van der Waals surface area contributed by atoms with E-state index in [2.05, 4.69) is 18.2 Å². The summed E-state index contributed by atoms with van der Waals surface area (Å²) in [4.78, 5) is 2.49. The Labute approximate surface area is 110 Å². The second-order valence-corrected chi connectivity index (χ2v) is 6.07. The third kappa shape index (κ3) is 2.25. The molecule has 3 heteroatoms. The fourth-order valence-electron chi connectivity index (χ4n) is 2.03. The second kappa shape index (κ2) is 4.45. The van der Waals surface area contributed by atoms with Crippen LogP contribution in [0.2, 0.25) is 5.02 Å². The fraction of sp³-hybridized carbons (Fsp3) is 0.286. The molecule has 88 valence electrons. The van der Waals surface area contributed by atoms with E-state index in [1.165, 1.54) is 22.6 Å². The first kappa shape index (κ1) is 11.3. The normalized spacial score (nSPS) is 17.1. The van der Waals surface area contributed by atoms with Gasteiger partial charge in [0.25, 0.3) is 0 Å². The summed E-state index contributed by atoms with van der Waals surface area (Å²) in [6, 6.07) is 12.4. The molecule has 17 heavy (non-hydrogen) atoms. The molecule has 1 atom stereocenters. The minimum Gasteiger partial charge on any atom is -0.323 e. The van der Waals surface area contributed by atoms with Gasteiger partial charge in [-0.1, -0.05) is 29.8 Å². The zero-order valence-corrected chi connectivity index (χ0v) is 11.0. The highest BCUT2D eigenvalue weighted by Gasteiger charge is 2.30. The number of rotatable bonds is 3. The molecular weight excluding hydrogens is 250 g/mol. The molecule has 0 bridgehead atoms. The van der Waals surface area contributed by atoms with Crippen molar-refractivity contribution in [3.63, 3.8) is 0 Å². The van der Waals surface area contributed by atoms with Crippen molar-refractivity contribution in [1.82, 2.24) is 0 Å². The monoisotopic (exact) mass is 263 g/mol. The lowest BCUT2D eigenvalue weighted by Gasteiger charge is -2.06. The van der Waals surface area contributed by atoms with Crippen LogP contribution < -0.4 is 5.73 Å². The van der Waals surface area contributed by atoms with Gasteiger partial charge in [-0.2, -0.15) is 0 Å². The topological polar surface area (TPSA) is 26.0 Å². The molecule has 1 saturated carbocycles. The molecule has 1 aromatic heterocycles. The van der Waals surface area contributed by atoms with Crippen molar-refractivity contribution < 1.29 is 0 Å². The van der Waals surface area contributed by atoms with Crippen LogP contribution >= 0.6 is 22.9 Å². The molecule has 1 aliphatic carbocycles. The van der Waals surface area contributed by atoms with Crippen molar-refractivity contribution in [2.45, 2.75) is 18.9 Å². The fourth-order valence-corrected chi connectivity index (χ4v) is 3.46. The van der Waals surface area contributed by atoms with Crippen molar-refractivity contribution in [3.8, 4) is 10.4 Å². The van der Waals surface area contributed by atoms with Crippen molar-refractivity contribution in [2.24, 2.45) is 11.7 Å². The summed E-state index contributed by atoms with van der Waals surface area (Å²) in [5, 5.41) is 0.806. The van der Waals surface area contributed by atoms with E-state index in [4.69, 9.17) is 17.3 Å². The molecule has 2 N–H and O–H groups in total. The number of thiophene rings is 1. The lowest BCUT2D eigenvalue weighted by Crippen LogP contribution is -2.10. The van der Waals surface area contributed by atoms with Gasteiger partial charge in [-0.05, 0) is 37.0 Å². The van der Waals surface area contributed by atoms with Gasteiger partial charge in [-0.3, -0.25) is 0 Å². The summed E-state index contributed by atoms with van der Waals surface area (Å²) in [6.07, 6.45) is 2.56. The highest BCUT2D eigenvalue weighted by atomic mass is 35.5. The average Bonchev–Trinajstić information content (AvgIpc) is 3.07. The van der Waals surface area contributed by atoms with E-state index in [1.54, 1.807) is 11.3 Å². The van der Waals surface area contributed by atoms with E-state index >= 15 is 0 Å². The van der Waals surface area contributed by atoms with Crippen molar-refractivity contribution in [2.75, 3.05) is 0 Å². The summed E-state index contributed by atoms with van der Waals surface area (Å²) < 4.78 is 0. The quantitative estimate of drug-likeness (QED) is 0.868. The van der Waals surface area contributed by atoms with Gasteiger partial charge in [0, 0.05) is 26.4 Å². The van der Waals surface area contributed by atoms with E-state index in [-0.39, 0.29) is 6.04 Å². The molecule has 2 aromatic rings. The smallest absolute Gasteiger partial charge is 0.0492 e. The average molecular weight is 264 g/mol. The molecule has 1 nitrogen and oxygen atoms in total. The minimum absolute atomic E-state index is 0.219. The van der Waals surface area contributed by atoms with Crippen LogP contribution in [-0.4, -0.2) is 0 Å². The molecule has 0 spiro atoms. The van der Waals surface area contributed by atoms with Crippen molar-refractivity contribution >= 4 is 22.9 Å². The molecule has 1 aromatic carbocycles. The van der Waals surface area contributed by atoms with Crippen LogP contribution in [0, 0.1) is 5.92 Å². The van der Waals surface area contributed by atoms with Crippen LogP contribution in [-0.2, 0) is 0 Å². The lowest BCUT2D eigenvalue weighted by atomic mass is 10.1. The van der Waals surface area contributed by atoms with Gasteiger partial charge < -0.3 is 5.73 Å². The Balaban J connectivity index is 1.92. The van der Waals surface area contributed by atoms with Crippen LogP contribution in [0.25, 0.3) is 10.4 Å². The minimum atomic E-state index is 0.219. The maximum absolute atomic E-state index is 6.21. The molecule has 1 fully saturated rings. The lowest BCUT2D eigenvalue weighted by molar-refractivity contribution is 0.645. The van der Waals surface area contributed by atoms with Gasteiger partial charge in [0.1, 0.15) is 0 Å². The summed E-state index contributed by atoms with van der Waals surface area (Å²) in [5.41, 5.74) is 7.31. The SMILES string of the molecule is NC(c1ccc(-c2ccccc2Cl)s1)C1CC1. The van der Waals surface area contributed by atoms with E-state index in [1.807, 2.05) is 18.2 Å². The summed E-state index contributed by atoms with van der Waals surface area (Å²) in [5.74, 6) is 0.702. The molecule has 1 aliphatic rings. The number of hydrogen-bond donors (Lipinski definition) is 1. The molecular formula is C14H14ClNS. The van der Waals surface area contributed by atoms with Gasteiger partial charge in [0.2, 0.25) is 0 Å². The van der Waals surface area contributed by atoms with Gasteiger partial charge in [-0.15, -0.1) is 11.3 Å². The standard InChI is InChI=1S/C14H14ClNS/c15-11-4-2-1-3-10(11)12-7-8-13(17-12)14(16)9-5-6-9/h1-4,7-9,14H,5-6,16H2. The number of benzene rings is 1. The first-order valence-electron chi connectivity index (χ1n) is 5.86. The van der Waals surface area contributed by atoms with Crippen molar-refractivity contribution in [1.29, 1.82) is 0 Å². The summed E-state index contributed by atoms with van der Waals surface area (Å²) >= 11 is 7.97. The van der Waals surface area contributed by atoms with E-state index in [0.717, 1.165) is 10.6 Å². The predicted octanol–water partition coefficient (Wildman–Crippen LogP) is 4.48. The third-order valence-electron chi connectivity index (χ3n) is 3.22. The second-order valence-electron chi connectivity index (χ2n) is 4.55. The van der Waals surface area contributed by atoms with E-state index < -0.39 is 0 Å². The largest absolute Gasteiger partial charge is 0.323 e. The third-order valence-corrected chi connectivity index (χ3v) is 4.77. The molecule has 0 radical (unpaired) electrons. The maximum Gasteiger partial charge on any atom is 0.0492 e. The first-order chi connectivity index (χ1) is 8.25. The Morgan fingerprint density at radius 1 is 1.18 bits per heavy atom. The van der Waals surface area contributed by atoms with Gasteiger partial charge >= 0.3 is 0 Å². The van der Waals surface area contributed by atoms with Crippen LogP contribution in [0.3, 0.4) is 0 Å². The Kier molecular flexibility index (Phi) is 2.95. The Morgan fingerprint density at radius 2 is 1.94 bits per heavy atom. The van der Waals surface area contributed by atoms with E-state index in [9.17, 15) is 0 Å². The highest BCUT2D eigenvalue weighted by Crippen LogP contribution is 2.43. The molecule has 0 saturated heterocycles. The Morgan fingerprint density at radius 3 is 2.65 bits per heavy atom. The highest BCUT2D eigenvalue weighted by molar-refractivity contribution is 7.15. The van der Waals surface area contributed by atoms with E-state index in [0.29, 0.717) is 5.92 Å².